The lowest BCUT2D eigenvalue weighted by atomic mass is 10.1. The molecule has 0 N–H and O–H groups in total. The van der Waals surface area contributed by atoms with Gasteiger partial charge in [0.05, 0.1) is 12.7 Å². The predicted molar refractivity (Wildman–Crippen MR) is 85.6 cm³/mol. The van der Waals surface area contributed by atoms with E-state index in [0.29, 0.717) is 13.2 Å². The molecule has 2 aromatic carbocycles. The highest BCUT2D eigenvalue weighted by atomic mass is 79.9. The van der Waals surface area contributed by atoms with Crippen LogP contribution in [0.15, 0.2) is 54.6 Å². The van der Waals surface area contributed by atoms with Gasteiger partial charge in [-0.2, -0.15) is 0 Å². The lowest BCUT2D eigenvalue weighted by Crippen LogP contribution is -2.12. The molecule has 0 fully saturated rings. The van der Waals surface area contributed by atoms with Crippen molar-refractivity contribution in [3.8, 4) is 5.75 Å². The van der Waals surface area contributed by atoms with E-state index in [-0.39, 0.29) is 6.10 Å². The van der Waals surface area contributed by atoms with Gasteiger partial charge in [0.2, 0.25) is 0 Å². The van der Waals surface area contributed by atoms with Crippen LogP contribution in [0.1, 0.15) is 17.2 Å². The van der Waals surface area contributed by atoms with Gasteiger partial charge in [0, 0.05) is 5.33 Å². The van der Waals surface area contributed by atoms with Gasteiger partial charge in [-0.05, 0) is 24.6 Å². The molecule has 0 saturated carbocycles. The molecule has 0 radical (unpaired) electrons. The summed E-state index contributed by atoms with van der Waals surface area (Å²) < 4.78 is 11.5. The Kier molecular flexibility index (Phi) is 6.09. The first kappa shape index (κ1) is 15.1. The molecule has 0 aromatic heterocycles. The van der Waals surface area contributed by atoms with Crippen molar-refractivity contribution >= 4 is 15.9 Å². The summed E-state index contributed by atoms with van der Waals surface area (Å²) in [7, 11) is 0. The summed E-state index contributed by atoms with van der Waals surface area (Å²) in [6.07, 6.45) is 0.0648. The second-order valence-corrected chi connectivity index (χ2v) is 5.23. The minimum atomic E-state index is 0.0648. The topological polar surface area (TPSA) is 18.5 Å². The van der Waals surface area contributed by atoms with Crippen molar-refractivity contribution in [3.63, 3.8) is 0 Å². The largest absolute Gasteiger partial charge is 0.491 e. The van der Waals surface area contributed by atoms with Crippen LogP contribution in [0.2, 0.25) is 0 Å². The minimum Gasteiger partial charge on any atom is -0.491 e. The summed E-state index contributed by atoms with van der Waals surface area (Å²) in [6, 6.07) is 18.2. The second kappa shape index (κ2) is 8.08. The highest BCUT2D eigenvalue weighted by Gasteiger charge is 2.10. The standard InChI is InChI=1S/C17H19BrO2/c1-14-7-9-15(10-8-14)17(13-18)20-12-11-19-16-5-3-2-4-6-16/h2-10,17H,11-13H2,1H3. The first-order valence-corrected chi connectivity index (χ1v) is 7.83. The molecule has 3 heteroatoms. The molecule has 2 rings (SSSR count). The van der Waals surface area contributed by atoms with Gasteiger partial charge in [0.1, 0.15) is 12.4 Å². The molecule has 1 atom stereocenters. The van der Waals surface area contributed by atoms with Crippen LogP contribution in [0, 0.1) is 6.92 Å². The van der Waals surface area contributed by atoms with Gasteiger partial charge in [-0.1, -0.05) is 64.0 Å². The zero-order chi connectivity index (χ0) is 14.2. The lowest BCUT2D eigenvalue weighted by Gasteiger charge is -2.16. The van der Waals surface area contributed by atoms with E-state index in [2.05, 4.69) is 47.1 Å². The highest BCUT2D eigenvalue weighted by Crippen LogP contribution is 2.20. The first-order chi connectivity index (χ1) is 9.79. The number of benzene rings is 2. The van der Waals surface area contributed by atoms with Crippen LogP contribution in [0.4, 0.5) is 0 Å². The maximum atomic E-state index is 5.87. The third-order valence-corrected chi connectivity index (χ3v) is 3.59. The SMILES string of the molecule is Cc1ccc(C(CBr)OCCOc2ccccc2)cc1. The van der Waals surface area contributed by atoms with E-state index in [0.717, 1.165) is 11.1 Å². The molecule has 2 nitrogen and oxygen atoms in total. The second-order valence-electron chi connectivity index (χ2n) is 4.59. The Morgan fingerprint density at radius 1 is 0.950 bits per heavy atom. The average Bonchev–Trinajstić information content (AvgIpc) is 2.50. The van der Waals surface area contributed by atoms with Crippen molar-refractivity contribution in [1.29, 1.82) is 0 Å². The molecule has 2 aromatic rings. The van der Waals surface area contributed by atoms with Crippen LogP contribution in [0.3, 0.4) is 0 Å². The van der Waals surface area contributed by atoms with E-state index in [1.807, 2.05) is 30.3 Å². The van der Waals surface area contributed by atoms with Gasteiger partial charge in [-0.3, -0.25) is 0 Å². The lowest BCUT2D eigenvalue weighted by molar-refractivity contribution is 0.0474. The molecule has 20 heavy (non-hydrogen) atoms. The number of para-hydroxylation sites is 1. The van der Waals surface area contributed by atoms with E-state index in [4.69, 9.17) is 9.47 Å². The van der Waals surface area contributed by atoms with E-state index < -0.39 is 0 Å². The summed E-state index contributed by atoms with van der Waals surface area (Å²) >= 11 is 3.50. The monoisotopic (exact) mass is 334 g/mol. The third kappa shape index (κ3) is 4.66. The van der Waals surface area contributed by atoms with Crippen molar-refractivity contribution in [2.24, 2.45) is 0 Å². The highest BCUT2D eigenvalue weighted by molar-refractivity contribution is 9.09. The van der Waals surface area contributed by atoms with Crippen molar-refractivity contribution in [2.45, 2.75) is 13.0 Å². The van der Waals surface area contributed by atoms with E-state index in [9.17, 15) is 0 Å². The molecule has 0 saturated heterocycles. The van der Waals surface area contributed by atoms with Crippen molar-refractivity contribution in [3.05, 3.63) is 65.7 Å². The Morgan fingerprint density at radius 3 is 2.30 bits per heavy atom. The van der Waals surface area contributed by atoms with Crippen LogP contribution in [0.5, 0.6) is 5.75 Å². The number of rotatable bonds is 7. The zero-order valence-corrected chi connectivity index (χ0v) is 13.2. The van der Waals surface area contributed by atoms with Gasteiger partial charge in [-0.25, -0.2) is 0 Å². The fraction of sp³-hybridized carbons (Fsp3) is 0.294. The quantitative estimate of drug-likeness (QED) is 0.547. The van der Waals surface area contributed by atoms with Gasteiger partial charge >= 0.3 is 0 Å². The molecule has 0 aliphatic rings. The number of alkyl halides is 1. The Hall–Kier alpha value is -1.32. The number of aryl methyl sites for hydroxylation is 1. The molecular weight excluding hydrogens is 316 g/mol. The van der Waals surface area contributed by atoms with Crippen LogP contribution >= 0.6 is 15.9 Å². The maximum absolute atomic E-state index is 5.87. The number of hydrogen-bond acceptors (Lipinski definition) is 2. The molecule has 0 heterocycles. The van der Waals surface area contributed by atoms with E-state index >= 15 is 0 Å². The van der Waals surface area contributed by atoms with Gasteiger partial charge in [-0.15, -0.1) is 0 Å². The smallest absolute Gasteiger partial charge is 0.119 e. The molecular formula is C17H19BrO2. The maximum Gasteiger partial charge on any atom is 0.119 e. The predicted octanol–water partition coefficient (Wildman–Crippen LogP) is 4.53. The zero-order valence-electron chi connectivity index (χ0n) is 11.6. The molecule has 0 bridgehead atoms. The van der Waals surface area contributed by atoms with Gasteiger partial charge < -0.3 is 9.47 Å². The van der Waals surface area contributed by atoms with Gasteiger partial charge in [0.25, 0.3) is 0 Å². The van der Waals surface area contributed by atoms with Gasteiger partial charge in [0.15, 0.2) is 0 Å². The third-order valence-electron chi connectivity index (χ3n) is 3.00. The van der Waals surface area contributed by atoms with Crippen LogP contribution in [-0.4, -0.2) is 18.5 Å². The van der Waals surface area contributed by atoms with Crippen LogP contribution in [-0.2, 0) is 4.74 Å². The molecule has 0 aliphatic carbocycles. The summed E-state index contributed by atoms with van der Waals surface area (Å²) in [5.74, 6) is 0.877. The number of halogens is 1. The minimum absolute atomic E-state index is 0.0648. The van der Waals surface area contributed by atoms with Crippen molar-refractivity contribution in [1.82, 2.24) is 0 Å². The van der Waals surface area contributed by atoms with Crippen LogP contribution < -0.4 is 4.74 Å². The van der Waals surface area contributed by atoms with Crippen molar-refractivity contribution in [2.75, 3.05) is 18.5 Å². The molecule has 0 amide bonds. The Labute approximate surface area is 128 Å². The van der Waals surface area contributed by atoms with Crippen molar-refractivity contribution < 1.29 is 9.47 Å². The summed E-state index contributed by atoms with van der Waals surface area (Å²) in [5.41, 5.74) is 2.45. The fourth-order valence-electron chi connectivity index (χ4n) is 1.88. The Bertz CT molecular complexity index is 496. The normalized spacial score (nSPS) is 12.1. The fourth-order valence-corrected chi connectivity index (χ4v) is 2.44. The summed E-state index contributed by atoms with van der Waals surface area (Å²) in [5, 5.41) is 0.779. The number of ether oxygens (including phenoxy) is 2. The van der Waals surface area contributed by atoms with E-state index in [1.54, 1.807) is 0 Å². The van der Waals surface area contributed by atoms with Crippen LogP contribution in [0.25, 0.3) is 0 Å². The number of hydrogen-bond donors (Lipinski definition) is 0. The first-order valence-electron chi connectivity index (χ1n) is 6.71. The Balaban J connectivity index is 1.78. The molecule has 0 spiro atoms. The molecule has 106 valence electrons. The molecule has 1 unspecified atom stereocenters. The Morgan fingerprint density at radius 2 is 1.65 bits per heavy atom. The molecule has 0 aliphatic heterocycles. The average molecular weight is 335 g/mol. The van der Waals surface area contributed by atoms with E-state index in [1.165, 1.54) is 11.1 Å². The summed E-state index contributed by atoms with van der Waals surface area (Å²) in [6.45, 7) is 3.21. The summed E-state index contributed by atoms with van der Waals surface area (Å²) in [4.78, 5) is 0.